The van der Waals surface area contributed by atoms with Crippen LogP contribution in [0, 0.1) is 5.41 Å². The zero-order chi connectivity index (χ0) is 15.8. The van der Waals surface area contributed by atoms with Crippen molar-refractivity contribution in [2.75, 3.05) is 13.1 Å². The maximum Gasteiger partial charge on any atom is 0.420 e. The van der Waals surface area contributed by atoms with Crippen LogP contribution in [0.1, 0.15) is 33.6 Å². The van der Waals surface area contributed by atoms with Gasteiger partial charge in [-0.15, -0.1) is 0 Å². The van der Waals surface area contributed by atoms with Crippen molar-refractivity contribution in [2.45, 2.75) is 45.3 Å². The summed E-state index contributed by atoms with van der Waals surface area (Å²) >= 11 is 0. The Morgan fingerprint density at radius 3 is 2.25 bits per heavy atom. The summed E-state index contributed by atoms with van der Waals surface area (Å²) in [6.07, 6.45) is -3.79. The van der Waals surface area contributed by atoms with Gasteiger partial charge in [0.1, 0.15) is 0 Å². The standard InChI is InChI=1S/C12H20F3N3O2/c1-10(2,7-16)5-4-6-18-8(19)11(3,12(13,14)15)17-9(18)20/h4-7,16H2,1-3H3,(H,17,20). The lowest BCUT2D eigenvalue weighted by Crippen LogP contribution is -2.56. The molecule has 1 fully saturated rings. The second-order valence-corrected chi connectivity index (χ2v) is 5.98. The third-order valence-electron chi connectivity index (χ3n) is 3.63. The van der Waals surface area contributed by atoms with E-state index in [0.717, 1.165) is 0 Å². The maximum atomic E-state index is 12.8. The number of imide groups is 1. The quantitative estimate of drug-likeness (QED) is 0.757. The van der Waals surface area contributed by atoms with Gasteiger partial charge < -0.3 is 11.1 Å². The summed E-state index contributed by atoms with van der Waals surface area (Å²) in [5.74, 6) is -1.25. The Hall–Kier alpha value is -1.31. The van der Waals surface area contributed by atoms with Gasteiger partial charge in [-0.3, -0.25) is 9.69 Å². The summed E-state index contributed by atoms with van der Waals surface area (Å²) in [7, 11) is 0. The highest BCUT2D eigenvalue weighted by Crippen LogP contribution is 2.35. The first-order valence-corrected chi connectivity index (χ1v) is 6.35. The number of amides is 3. The Morgan fingerprint density at radius 1 is 1.30 bits per heavy atom. The Bertz CT molecular complexity index is 409. The minimum Gasteiger partial charge on any atom is -0.330 e. The highest BCUT2D eigenvalue weighted by Gasteiger charge is 2.64. The minimum absolute atomic E-state index is 0.0419. The van der Waals surface area contributed by atoms with E-state index in [9.17, 15) is 22.8 Å². The average Bonchev–Trinajstić information content (AvgIpc) is 2.53. The molecule has 3 amide bonds. The molecule has 0 aromatic rings. The summed E-state index contributed by atoms with van der Waals surface area (Å²) in [6, 6.07) is -1.000. The zero-order valence-electron chi connectivity index (χ0n) is 11.8. The van der Waals surface area contributed by atoms with E-state index in [-0.39, 0.29) is 12.0 Å². The second-order valence-electron chi connectivity index (χ2n) is 5.98. The predicted molar refractivity (Wildman–Crippen MR) is 66.8 cm³/mol. The number of rotatable bonds is 5. The van der Waals surface area contributed by atoms with E-state index in [0.29, 0.717) is 31.2 Å². The van der Waals surface area contributed by atoms with Crippen LogP contribution in [0.25, 0.3) is 0 Å². The molecule has 5 nitrogen and oxygen atoms in total. The van der Waals surface area contributed by atoms with Gasteiger partial charge in [0.2, 0.25) is 5.54 Å². The lowest BCUT2D eigenvalue weighted by Gasteiger charge is -2.25. The third-order valence-corrected chi connectivity index (χ3v) is 3.63. The smallest absolute Gasteiger partial charge is 0.330 e. The Balaban J connectivity index is 2.70. The summed E-state index contributed by atoms with van der Waals surface area (Å²) in [6.45, 7) is 4.89. The highest BCUT2D eigenvalue weighted by molar-refractivity contribution is 6.07. The number of halogens is 3. The zero-order valence-corrected chi connectivity index (χ0v) is 11.8. The maximum absolute atomic E-state index is 12.8. The van der Waals surface area contributed by atoms with E-state index in [1.807, 2.05) is 13.8 Å². The lowest BCUT2D eigenvalue weighted by molar-refractivity contribution is -0.191. The molecule has 20 heavy (non-hydrogen) atoms. The summed E-state index contributed by atoms with van der Waals surface area (Å²) in [4.78, 5) is 24.0. The van der Waals surface area contributed by atoms with Crippen LogP contribution >= 0.6 is 0 Å². The highest BCUT2D eigenvalue weighted by atomic mass is 19.4. The van der Waals surface area contributed by atoms with Crippen molar-refractivity contribution in [3.63, 3.8) is 0 Å². The van der Waals surface area contributed by atoms with Gasteiger partial charge in [0.25, 0.3) is 5.91 Å². The normalized spacial score (nSPS) is 24.2. The first-order valence-electron chi connectivity index (χ1n) is 6.35. The van der Waals surface area contributed by atoms with E-state index < -0.39 is 23.7 Å². The fourth-order valence-electron chi connectivity index (χ4n) is 1.91. The predicted octanol–water partition coefficient (Wildman–Crippen LogP) is 1.62. The van der Waals surface area contributed by atoms with E-state index >= 15 is 0 Å². The number of hydrogen-bond acceptors (Lipinski definition) is 3. The van der Waals surface area contributed by atoms with Gasteiger partial charge in [-0.05, 0) is 31.7 Å². The van der Waals surface area contributed by atoms with Gasteiger partial charge in [0.05, 0.1) is 0 Å². The molecule has 1 rings (SSSR count). The molecule has 1 atom stereocenters. The number of carbonyl (C=O) groups excluding carboxylic acids is 2. The van der Waals surface area contributed by atoms with Crippen LogP contribution in [0.3, 0.4) is 0 Å². The molecular weight excluding hydrogens is 275 g/mol. The Morgan fingerprint density at radius 2 is 1.85 bits per heavy atom. The largest absolute Gasteiger partial charge is 0.420 e. The number of hydrogen-bond donors (Lipinski definition) is 2. The fourth-order valence-corrected chi connectivity index (χ4v) is 1.91. The summed E-state index contributed by atoms with van der Waals surface area (Å²) in [5.41, 5.74) is 2.55. The van der Waals surface area contributed by atoms with Gasteiger partial charge in [0, 0.05) is 6.54 Å². The van der Waals surface area contributed by atoms with E-state index in [1.54, 1.807) is 5.32 Å². The summed E-state index contributed by atoms with van der Waals surface area (Å²) in [5, 5.41) is 1.72. The van der Waals surface area contributed by atoms with Crippen molar-refractivity contribution < 1.29 is 22.8 Å². The lowest BCUT2D eigenvalue weighted by atomic mass is 9.88. The Labute approximate surface area is 115 Å². The fraction of sp³-hybridized carbons (Fsp3) is 0.833. The number of nitrogens with zero attached hydrogens (tertiary/aromatic N) is 1. The monoisotopic (exact) mass is 295 g/mol. The number of alkyl halides is 3. The van der Waals surface area contributed by atoms with Crippen LogP contribution in [0.15, 0.2) is 0 Å². The van der Waals surface area contributed by atoms with Crippen molar-refractivity contribution in [3.8, 4) is 0 Å². The van der Waals surface area contributed by atoms with Crippen LogP contribution in [-0.4, -0.2) is 41.6 Å². The molecule has 1 saturated heterocycles. The van der Waals surface area contributed by atoms with Crippen molar-refractivity contribution in [2.24, 2.45) is 11.1 Å². The van der Waals surface area contributed by atoms with Gasteiger partial charge in [0.15, 0.2) is 0 Å². The van der Waals surface area contributed by atoms with Crippen molar-refractivity contribution >= 4 is 11.9 Å². The van der Waals surface area contributed by atoms with Crippen molar-refractivity contribution in [3.05, 3.63) is 0 Å². The van der Waals surface area contributed by atoms with Gasteiger partial charge in [-0.1, -0.05) is 13.8 Å². The number of nitrogens with two attached hydrogens (primary N) is 1. The second kappa shape index (κ2) is 5.23. The van der Waals surface area contributed by atoms with Crippen LogP contribution in [-0.2, 0) is 4.79 Å². The molecule has 3 N–H and O–H groups in total. The van der Waals surface area contributed by atoms with Crippen molar-refractivity contribution in [1.29, 1.82) is 0 Å². The van der Waals surface area contributed by atoms with Crippen LogP contribution in [0.2, 0.25) is 0 Å². The number of urea groups is 1. The molecule has 0 bridgehead atoms. The van der Waals surface area contributed by atoms with Crippen LogP contribution < -0.4 is 11.1 Å². The SMILES string of the molecule is CC(C)(CN)CCCN1C(=O)NC(C)(C(F)(F)F)C1=O. The first kappa shape index (κ1) is 16.7. The minimum atomic E-state index is -4.81. The molecule has 1 aliphatic rings. The Kier molecular flexibility index (Phi) is 4.38. The summed E-state index contributed by atoms with van der Waals surface area (Å²) < 4.78 is 38.5. The van der Waals surface area contributed by atoms with E-state index in [2.05, 4.69) is 0 Å². The van der Waals surface area contributed by atoms with E-state index in [1.165, 1.54) is 0 Å². The topological polar surface area (TPSA) is 75.4 Å². The van der Waals surface area contributed by atoms with Crippen LogP contribution in [0.5, 0.6) is 0 Å². The van der Waals surface area contributed by atoms with E-state index in [4.69, 9.17) is 5.73 Å². The molecule has 8 heteroatoms. The molecule has 1 heterocycles. The number of carbonyl (C=O) groups is 2. The molecule has 0 aliphatic carbocycles. The molecule has 0 saturated carbocycles. The average molecular weight is 295 g/mol. The third kappa shape index (κ3) is 3.05. The van der Waals surface area contributed by atoms with Crippen molar-refractivity contribution in [1.82, 2.24) is 10.2 Å². The molecule has 0 aromatic heterocycles. The first-order chi connectivity index (χ1) is 8.94. The molecular formula is C12H20F3N3O2. The molecule has 1 unspecified atom stereocenters. The van der Waals surface area contributed by atoms with Gasteiger partial charge >= 0.3 is 12.2 Å². The molecule has 0 aromatic carbocycles. The van der Waals surface area contributed by atoms with Gasteiger partial charge in [-0.2, -0.15) is 13.2 Å². The van der Waals surface area contributed by atoms with Gasteiger partial charge in [-0.25, -0.2) is 4.79 Å². The van der Waals surface area contributed by atoms with Crippen LogP contribution in [0.4, 0.5) is 18.0 Å². The molecule has 0 spiro atoms. The molecule has 116 valence electrons. The molecule has 1 aliphatic heterocycles. The molecule has 0 radical (unpaired) electrons. The number of nitrogens with one attached hydrogen (secondary N) is 1.